The van der Waals surface area contributed by atoms with E-state index < -0.39 is 0 Å². The van der Waals surface area contributed by atoms with Crippen molar-refractivity contribution < 1.29 is 4.74 Å². The summed E-state index contributed by atoms with van der Waals surface area (Å²) in [5.41, 5.74) is 3.79. The lowest BCUT2D eigenvalue weighted by molar-refractivity contribution is -0.0482. The van der Waals surface area contributed by atoms with Crippen molar-refractivity contribution in [2.75, 3.05) is 6.54 Å². The molecule has 0 amide bonds. The first kappa shape index (κ1) is 21.7. The molecule has 2 aliphatic rings. The second kappa shape index (κ2) is 10.2. The van der Waals surface area contributed by atoms with Gasteiger partial charge in [0.05, 0.1) is 6.10 Å². The van der Waals surface area contributed by atoms with Gasteiger partial charge in [0.1, 0.15) is 6.10 Å². The molecule has 0 saturated carbocycles. The first-order valence-electron chi connectivity index (χ1n) is 12.0. The molecule has 3 aromatic carbocycles. The highest BCUT2D eigenvalue weighted by atomic mass is 35.5. The van der Waals surface area contributed by atoms with E-state index in [1.165, 1.54) is 43.4 Å². The molecule has 5 rings (SSSR count). The number of nitrogens with zero attached hydrogens (tertiary/aromatic N) is 1. The van der Waals surface area contributed by atoms with Gasteiger partial charge < -0.3 is 4.74 Å². The number of fused-ring (bicyclic) bond motifs is 2. The zero-order valence-corrected chi connectivity index (χ0v) is 19.3. The molecule has 0 spiro atoms. The van der Waals surface area contributed by atoms with Gasteiger partial charge in [-0.1, -0.05) is 84.4 Å². The van der Waals surface area contributed by atoms with Crippen molar-refractivity contribution in [2.24, 2.45) is 0 Å². The summed E-state index contributed by atoms with van der Waals surface area (Å²) in [6.45, 7) is 1.20. The van der Waals surface area contributed by atoms with Crippen molar-refractivity contribution in [3.63, 3.8) is 0 Å². The average molecular weight is 446 g/mol. The van der Waals surface area contributed by atoms with Crippen LogP contribution in [0.5, 0.6) is 0 Å². The van der Waals surface area contributed by atoms with E-state index in [-0.39, 0.29) is 6.10 Å². The molecule has 2 nitrogen and oxygen atoms in total. The lowest BCUT2D eigenvalue weighted by atomic mass is 9.96. The van der Waals surface area contributed by atoms with Gasteiger partial charge >= 0.3 is 0 Å². The molecule has 3 aromatic rings. The van der Waals surface area contributed by atoms with Crippen molar-refractivity contribution in [1.82, 2.24) is 4.90 Å². The second-order valence-electron chi connectivity index (χ2n) is 9.29. The Morgan fingerprint density at radius 2 is 1.47 bits per heavy atom. The highest BCUT2D eigenvalue weighted by Gasteiger charge is 2.41. The van der Waals surface area contributed by atoms with E-state index in [0.29, 0.717) is 18.2 Å². The fourth-order valence-corrected chi connectivity index (χ4v) is 5.85. The van der Waals surface area contributed by atoms with Gasteiger partial charge in [-0.25, -0.2) is 0 Å². The minimum absolute atomic E-state index is 0.0658. The number of hydrogen-bond donors (Lipinski definition) is 0. The van der Waals surface area contributed by atoms with Gasteiger partial charge in [-0.15, -0.1) is 0 Å². The largest absolute Gasteiger partial charge is 0.365 e. The number of ether oxygens (including phenoxy) is 1. The predicted octanol–water partition coefficient (Wildman–Crippen LogP) is 7.07. The topological polar surface area (TPSA) is 12.5 Å². The Hall–Kier alpha value is -2.13. The third-order valence-corrected chi connectivity index (χ3v) is 7.38. The van der Waals surface area contributed by atoms with E-state index in [9.17, 15) is 0 Å². The van der Waals surface area contributed by atoms with Crippen LogP contribution in [0.25, 0.3) is 0 Å². The van der Waals surface area contributed by atoms with Gasteiger partial charge in [0.2, 0.25) is 0 Å². The molecule has 3 atom stereocenters. The Bertz CT molecular complexity index is 978. The Morgan fingerprint density at radius 1 is 0.812 bits per heavy atom. The number of rotatable bonds is 8. The minimum atomic E-state index is -0.0658. The van der Waals surface area contributed by atoms with E-state index in [2.05, 4.69) is 71.6 Å². The summed E-state index contributed by atoms with van der Waals surface area (Å²) in [6, 6.07) is 30.9. The zero-order valence-electron chi connectivity index (χ0n) is 18.6. The first-order chi connectivity index (χ1) is 15.8. The van der Waals surface area contributed by atoms with Crippen molar-refractivity contribution in [1.29, 1.82) is 0 Å². The van der Waals surface area contributed by atoms with Crippen LogP contribution in [0.2, 0.25) is 5.02 Å². The summed E-state index contributed by atoms with van der Waals surface area (Å²) in [4.78, 5) is 2.78. The molecule has 2 bridgehead atoms. The van der Waals surface area contributed by atoms with Crippen LogP contribution < -0.4 is 0 Å². The molecule has 32 heavy (non-hydrogen) atoms. The van der Waals surface area contributed by atoms with Crippen molar-refractivity contribution >= 4 is 11.6 Å². The van der Waals surface area contributed by atoms with Crippen LogP contribution in [-0.2, 0) is 11.2 Å². The van der Waals surface area contributed by atoms with E-state index in [0.717, 1.165) is 23.4 Å². The number of halogens is 1. The third kappa shape index (κ3) is 5.09. The SMILES string of the molecule is Clc1cccc(C(OC2CC3CCC(C2)N3CCCc2ccccc2)c2ccccc2)c1. The minimum Gasteiger partial charge on any atom is -0.365 e. The number of benzene rings is 3. The lowest BCUT2D eigenvalue weighted by Crippen LogP contribution is -2.46. The van der Waals surface area contributed by atoms with Crippen molar-refractivity contribution in [3.8, 4) is 0 Å². The Labute approximate surface area is 197 Å². The average Bonchev–Trinajstić information content (AvgIpc) is 3.06. The van der Waals surface area contributed by atoms with E-state index in [1.807, 2.05) is 18.2 Å². The van der Waals surface area contributed by atoms with Gasteiger partial charge in [-0.3, -0.25) is 4.90 Å². The Morgan fingerprint density at radius 3 is 2.16 bits per heavy atom. The van der Waals surface area contributed by atoms with Gasteiger partial charge in [-0.2, -0.15) is 0 Å². The van der Waals surface area contributed by atoms with Crippen LogP contribution in [0.1, 0.15) is 54.9 Å². The summed E-state index contributed by atoms with van der Waals surface area (Å²) in [6.07, 6.45) is 7.51. The summed E-state index contributed by atoms with van der Waals surface area (Å²) < 4.78 is 6.84. The van der Waals surface area contributed by atoms with E-state index in [4.69, 9.17) is 16.3 Å². The number of hydrogen-bond acceptors (Lipinski definition) is 2. The highest BCUT2D eigenvalue weighted by Crippen LogP contribution is 2.40. The van der Waals surface area contributed by atoms with Crippen LogP contribution >= 0.6 is 11.6 Å². The van der Waals surface area contributed by atoms with Crippen LogP contribution in [0, 0.1) is 0 Å². The maximum Gasteiger partial charge on any atom is 0.108 e. The molecule has 0 N–H and O–H groups in total. The first-order valence-corrected chi connectivity index (χ1v) is 12.4. The summed E-state index contributed by atoms with van der Waals surface area (Å²) in [5, 5.41) is 0.764. The van der Waals surface area contributed by atoms with Crippen LogP contribution in [0.15, 0.2) is 84.9 Å². The molecule has 2 fully saturated rings. The summed E-state index contributed by atoms with van der Waals surface area (Å²) >= 11 is 6.33. The van der Waals surface area contributed by atoms with Crippen molar-refractivity contribution in [2.45, 2.75) is 62.8 Å². The summed E-state index contributed by atoms with van der Waals surface area (Å²) in [7, 11) is 0. The molecule has 2 heterocycles. The molecule has 0 aliphatic carbocycles. The fraction of sp³-hybridized carbons (Fsp3) is 0.379. The van der Waals surface area contributed by atoms with Crippen LogP contribution in [-0.4, -0.2) is 29.6 Å². The van der Waals surface area contributed by atoms with Crippen LogP contribution in [0.4, 0.5) is 0 Å². The molecular formula is C29H32ClNO. The quantitative estimate of drug-likeness (QED) is 0.367. The smallest absolute Gasteiger partial charge is 0.108 e. The predicted molar refractivity (Wildman–Crippen MR) is 132 cm³/mol. The van der Waals surface area contributed by atoms with Gasteiger partial charge in [0, 0.05) is 17.1 Å². The standard InChI is InChI=1S/C29H32ClNO/c30-25-15-7-14-24(19-25)29(23-12-5-2-6-13-23)32-28-20-26-16-17-27(21-28)31(26)18-8-11-22-9-3-1-4-10-22/h1-7,9-10,12-15,19,26-29H,8,11,16-18,20-21H2. The van der Waals surface area contributed by atoms with E-state index >= 15 is 0 Å². The molecule has 166 valence electrons. The summed E-state index contributed by atoms with van der Waals surface area (Å²) in [5.74, 6) is 0. The molecule has 3 heteroatoms. The third-order valence-electron chi connectivity index (χ3n) is 7.15. The molecule has 0 aromatic heterocycles. The normalized spacial score (nSPS) is 23.8. The van der Waals surface area contributed by atoms with Gasteiger partial charge in [0.25, 0.3) is 0 Å². The monoisotopic (exact) mass is 445 g/mol. The molecule has 2 aliphatic heterocycles. The van der Waals surface area contributed by atoms with E-state index in [1.54, 1.807) is 0 Å². The van der Waals surface area contributed by atoms with Crippen molar-refractivity contribution in [3.05, 3.63) is 107 Å². The second-order valence-corrected chi connectivity index (χ2v) is 9.72. The fourth-order valence-electron chi connectivity index (χ4n) is 5.65. The Kier molecular flexibility index (Phi) is 6.92. The molecule has 2 saturated heterocycles. The van der Waals surface area contributed by atoms with Gasteiger partial charge in [-0.05, 0) is 73.9 Å². The van der Waals surface area contributed by atoms with Crippen LogP contribution in [0.3, 0.4) is 0 Å². The maximum atomic E-state index is 6.84. The molecule has 0 radical (unpaired) electrons. The number of piperidine rings is 1. The molecular weight excluding hydrogens is 414 g/mol. The molecule has 3 unspecified atom stereocenters. The lowest BCUT2D eigenvalue weighted by Gasteiger charge is -2.40. The zero-order chi connectivity index (χ0) is 21.8. The maximum absolute atomic E-state index is 6.84. The van der Waals surface area contributed by atoms with Gasteiger partial charge in [0.15, 0.2) is 0 Å². The number of aryl methyl sites for hydroxylation is 1. The Balaban J connectivity index is 1.24. The highest BCUT2D eigenvalue weighted by molar-refractivity contribution is 6.30.